The van der Waals surface area contributed by atoms with Crippen molar-refractivity contribution in [1.29, 1.82) is 0 Å². The molecule has 1 fully saturated rings. The highest BCUT2D eigenvalue weighted by Crippen LogP contribution is 2.39. The molecule has 110 valence electrons. The monoisotopic (exact) mass is 282 g/mol. The minimum Gasteiger partial charge on any atom is -0.370 e. The lowest BCUT2D eigenvalue weighted by molar-refractivity contribution is 0.918. The van der Waals surface area contributed by atoms with Gasteiger partial charge in [0.15, 0.2) is 0 Å². The lowest BCUT2D eigenvalue weighted by atomic mass is 10.2. The largest absolute Gasteiger partial charge is 0.370 e. The van der Waals surface area contributed by atoms with Crippen LogP contribution in [0.4, 0.5) is 17.3 Å². The molecule has 2 aromatic rings. The number of anilines is 3. The van der Waals surface area contributed by atoms with Crippen molar-refractivity contribution in [3.8, 4) is 0 Å². The SMILES string of the molecule is CCNc1nc(C2CC2)nc(Nc2ccc(C)cc2)c1C. The van der Waals surface area contributed by atoms with E-state index in [2.05, 4.69) is 60.7 Å². The van der Waals surface area contributed by atoms with E-state index < -0.39 is 0 Å². The van der Waals surface area contributed by atoms with E-state index in [1.807, 2.05) is 0 Å². The summed E-state index contributed by atoms with van der Waals surface area (Å²) in [6, 6.07) is 8.37. The number of benzene rings is 1. The second-order valence-corrected chi connectivity index (χ2v) is 5.70. The molecule has 0 amide bonds. The molecule has 1 aliphatic rings. The molecule has 0 spiro atoms. The fourth-order valence-electron chi connectivity index (χ4n) is 2.29. The standard InChI is InChI=1S/C17H22N4/c1-4-18-15-12(3)16(21-17(20-15)13-7-8-13)19-14-9-5-11(2)6-10-14/h5-6,9-10,13H,4,7-8H2,1-3H3,(H2,18,19,20,21). The zero-order chi connectivity index (χ0) is 14.8. The molecule has 1 saturated carbocycles. The fourth-order valence-corrected chi connectivity index (χ4v) is 2.29. The normalized spacial score (nSPS) is 14.0. The van der Waals surface area contributed by atoms with Gasteiger partial charge in [0, 0.05) is 23.7 Å². The second-order valence-electron chi connectivity index (χ2n) is 5.70. The summed E-state index contributed by atoms with van der Waals surface area (Å²) in [5.41, 5.74) is 3.39. The topological polar surface area (TPSA) is 49.8 Å². The Balaban J connectivity index is 1.93. The molecular weight excluding hydrogens is 260 g/mol. The van der Waals surface area contributed by atoms with Crippen LogP contribution < -0.4 is 10.6 Å². The van der Waals surface area contributed by atoms with E-state index in [0.29, 0.717) is 5.92 Å². The Hall–Kier alpha value is -2.10. The van der Waals surface area contributed by atoms with Gasteiger partial charge in [0.05, 0.1) is 0 Å². The summed E-state index contributed by atoms with van der Waals surface area (Å²) in [5, 5.41) is 6.77. The van der Waals surface area contributed by atoms with Gasteiger partial charge in [-0.15, -0.1) is 0 Å². The molecule has 21 heavy (non-hydrogen) atoms. The van der Waals surface area contributed by atoms with Crippen molar-refractivity contribution in [3.05, 3.63) is 41.2 Å². The molecule has 0 unspecified atom stereocenters. The van der Waals surface area contributed by atoms with Gasteiger partial charge in [0.25, 0.3) is 0 Å². The minimum atomic E-state index is 0.543. The van der Waals surface area contributed by atoms with Gasteiger partial charge in [0.1, 0.15) is 17.5 Å². The lowest BCUT2D eigenvalue weighted by Gasteiger charge is -2.14. The van der Waals surface area contributed by atoms with Crippen LogP contribution in [-0.2, 0) is 0 Å². The molecule has 2 N–H and O–H groups in total. The Morgan fingerprint density at radius 3 is 2.33 bits per heavy atom. The molecule has 1 aromatic carbocycles. The number of nitrogens with zero attached hydrogens (tertiary/aromatic N) is 2. The molecule has 1 aliphatic carbocycles. The van der Waals surface area contributed by atoms with E-state index in [1.54, 1.807) is 0 Å². The second kappa shape index (κ2) is 5.72. The highest BCUT2D eigenvalue weighted by atomic mass is 15.1. The maximum Gasteiger partial charge on any atom is 0.139 e. The first-order valence-corrected chi connectivity index (χ1v) is 7.63. The molecule has 1 aromatic heterocycles. The van der Waals surface area contributed by atoms with Crippen LogP contribution in [0.15, 0.2) is 24.3 Å². The van der Waals surface area contributed by atoms with Gasteiger partial charge in [-0.1, -0.05) is 17.7 Å². The summed E-state index contributed by atoms with van der Waals surface area (Å²) < 4.78 is 0. The Morgan fingerprint density at radius 2 is 1.71 bits per heavy atom. The first-order chi connectivity index (χ1) is 10.2. The Morgan fingerprint density at radius 1 is 1.05 bits per heavy atom. The van der Waals surface area contributed by atoms with E-state index in [-0.39, 0.29) is 0 Å². The molecule has 3 rings (SSSR count). The van der Waals surface area contributed by atoms with Crippen LogP contribution in [0.1, 0.15) is 42.6 Å². The molecule has 0 aliphatic heterocycles. The Kier molecular flexibility index (Phi) is 3.78. The molecule has 1 heterocycles. The summed E-state index contributed by atoms with van der Waals surface area (Å²) in [6.07, 6.45) is 2.41. The number of aryl methyl sites for hydroxylation is 1. The van der Waals surface area contributed by atoms with Crippen LogP contribution in [-0.4, -0.2) is 16.5 Å². The first kappa shape index (κ1) is 13.9. The predicted octanol–water partition coefficient (Wildman–Crippen LogP) is 4.15. The number of hydrogen-bond donors (Lipinski definition) is 2. The summed E-state index contributed by atoms with van der Waals surface area (Å²) in [6.45, 7) is 7.11. The summed E-state index contributed by atoms with van der Waals surface area (Å²) in [7, 11) is 0. The average molecular weight is 282 g/mol. The van der Waals surface area contributed by atoms with Crippen molar-refractivity contribution in [1.82, 2.24) is 9.97 Å². The van der Waals surface area contributed by atoms with Gasteiger partial charge in [-0.05, 0) is 45.7 Å². The maximum atomic E-state index is 4.73. The van der Waals surface area contributed by atoms with Crippen molar-refractivity contribution in [2.75, 3.05) is 17.2 Å². The molecule has 4 heteroatoms. The van der Waals surface area contributed by atoms with Crippen LogP contribution in [0.5, 0.6) is 0 Å². The Labute approximate surface area is 126 Å². The zero-order valence-corrected chi connectivity index (χ0v) is 12.9. The van der Waals surface area contributed by atoms with E-state index in [0.717, 1.165) is 35.3 Å². The summed E-state index contributed by atoms with van der Waals surface area (Å²) in [4.78, 5) is 9.41. The highest BCUT2D eigenvalue weighted by Gasteiger charge is 2.28. The van der Waals surface area contributed by atoms with Crippen LogP contribution in [0.2, 0.25) is 0 Å². The van der Waals surface area contributed by atoms with Gasteiger partial charge in [-0.3, -0.25) is 0 Å². The molecular formula is C17H22N4. The van der Waals surface area contributed by atoms with Crippen molar-refractivity contribution in [2.45, 2.75) is 39.5 Å². The number of aromatic nitrogens is 2. The average Bonchev–Trinajstić information content (AvgIpc) is 3.30. The number of hydrogen-bond acceptors (Lipinski definition) is 4. The quantitative estimate of drug-likeness (QED) is 0.865. The van der Waals surface area contributed by atoms with Crippen molar-refractivity contribution in [2.24, 2.45) is 0 Å². The fraction of sp³-hybridized carbons (Fsp3) is 0.412. The van der Waals surface area contributed by atoms with Gasteiger partial charge in [-0.2, -0.15) is 0 Å². The van der Waals surface area contributed by atoms with E-state index in [9.17, 15) is 0 Å². The van der Waals surface area contributed by atoms with E-state index in [4.69, 9.17) is 4.98 Å². The number of nitrogens with one attached hydrogen (secondary N) is 2. The molecule has 0 bridgehead atoms. The molecule has 0 radical (unpaired) electrons. The van der Waals surface area contributed by atoms with Gasteiger partial charge in [-0.25, -0.2) is 9.97 Å². The van der Waals surface area contributed by atoms with Crippen molar-refractivity contribution >= 4 is 17.3 Å². The third-order valence-electron chi connectivity index (χ3n) is 3.76. The van der Waals surface area contributed by atoms with Crippen LogP contribution >= 0.6 is 0 Å². The minimum absolute atomic E-state index is 0.543. The summed E-state index contributed by atoms with van der Waals surface area (Å²) in [5.74, 6) is 3.36. The van der Waals surface area contributed by atoms with Gasteiger partial charge >= 0.3 is 0 Å². The van der Waals surface area contributed by atoms with Gasteiger partial charge in [0.2, 0.25) is 0 Å². The predicted molar refractivity (Wildman–Crippen MR) is 87.4 cm³/mol. The van der Waals surface area contributed by atoms with Crippen LogP contribution in [0.25, 0.3) is 0 Å². The van der Waals surface area contributed by atoms with Crippen molar-refractivity contribution < 1.29 is 0 Å². The molecule has 0 atom stereocenters. The van der Waals surface area contributed by atoms with E-state index >= 15 is 0 Å². The smallest absolute Gasteiger partial charge is 0.139 e. The van der Waals surface area contributed by atoms with Gasteiger partial charge < -0.3 is 10.6 Å². The first-order valence-electron chi connectivity index (χ1n) is 7.63. The molecule has 4 nitrogen and oxygen atoms in total. The Bertz CT molecular complexity index is 630. The number of rotatable bonds is 5. The molecule has 0 saturated heterocycles. The van der Waals surface area contributed by atoms with Crippen LogP contribution in [0.3, 0.4) is 0 Å². The maximum absolute atomic E-state index is 4.73. The third-order valence-corrected chi connectivity index (χ3v) is 3.76. The van der Waals surface area contributed by atoms with Crippen LogP contribution in [0, 0.1) is 13.8 Å². The van der Waals surface area contributed by atoms with Crippen molar-refractivity contribution in [3.63, 3.8) is 0 Å². The summed E-state index contributed by atoms with van der Waals surface area (Å²) >= 11 is 0. The zero-order valence-electron chi connectivity index (χ0n) is 12.9. The lowest BCUT2D eigenvalue weighted by Crippen LogP contribution is -2.09. The van der Waals surface area contributed by atoms with E-state index in [1.165, 1.54) is 18.4 Å². The highest BCUT2D eigenvalue weighted by molar-refractivity contribution is 5.65. The third kappa shape index (κ3) is 3.15.